The average molecular weight is 461 g/mol. The maximum atomic E-state index is 13.6. The van der Waals surface area contributed by atoms with Crippen LogP contribution in [0.1, 0.15) is 27.1 Å². The van der Waals surface area contributed by atoms with E-state index in [-0.39, 0.29) is 35.0 Å². The van der Waals surface area contributed by atoms with Gasteiger partial charge in [-0.05, 0) is 54.4 Å². The van der Waals surface area contributed by atoms with Gasteiger partial charge >= 0.3 is 0 Å². The molecule has 2 aromatic carbocycles. The Bertz CT molecular complexity index is 1170. The number of hydrogen-bond acceptors (Lipinski definition) is 4. The SMILES string of the molecule is O=C(CN(C(=O)c1ccc(Cl)cc1)N1C(=O)[C@@H]2[C@H]3C=C[C@@H]([C@@H]4C[C@@H]34)[C@@H]2C1=O)c1ccccc1. The standard InChI is InChI=1S/C26H21ClN2O4/c27-16-8-6-15(7-9-16)24(31)28(13-21(30)14-4-2-1-3-5-14)29-25(32)22-17-10-11-18(20-12-19(17)20)23(22)26(29)33/h1-11,17-20,22-23H,12-13H2/t17-,18-,19-,20-,22-,23+/m0/s1. The topological polar surface area (TPSA) is 74.8 Å². The summed E-state index contributed by atoms with van der Waals surface area (Å²) in [5, 5.41) is 2.46. The summed E-state index contributed by atoms with van der Waals surface area (Å²) in [6.07, 6.45) is 5.21. The minimum atomic E-state index is -0.582. The first-order valence-electron chi connectivity index (χ1n) is 11.2. The number of amides is 3. The van der Waals surface area contributed by atoms with Gasteiger partial charge in [-0.15, -0.1) is 0 Å². The van der Waals surface area contributed by atoms with E-state index >= 15 is 0 Å². The second-order valence-electron chi connectivity index (χ2n) is 9.30. The summed E-state index contributed by atoms with van der Waals surface area (Å²) in [6, 6.07) is 14.8. The molecular weight excluding hydrogens is 440 g/mol. The number of imide groups is 1. The third-order valence-corrected chi connectivity index (χ3v) is 7.85. The lowest BCUT2D eigenvalue weighted by atomic mass is 9.63. The largest absolute Gasteiger partial charge is 0.292 e. The Morgan fingerprint density at radius 2 is 1.42 bits per heavy atom. The van der Waals surface area contributed by atoms with Crippen LogP contribution in [0.3, 0.4) is 0 Å². The molecule has 2 saturated carbocycles. The summed E-state index contributed by atoms with van der Waals surface area (Å²) in [5.74, 6) is -1.64. The number of hydrogen-bond donors (Lipinski definition) is 0. The van der Waals surface area contributed by atoms with Crippen LogP contribution >= 0.6 is 11.6 Å². The van der Waals surface area contributed by atoms with Crippen molar-refractivity contribution in [1.82, 2.24) is 10.0 Å². The first kappa shape index (κ1) is 20.4. The van der Waals surface area contributed by atoms with Gasteiger partial charge in [0.15, 0.2) is 5.78 Å². The average Bonchev–Trinajstić information content (AvgIpc) is 3.62. The van der Waals surface area contributed by atoms with Crippen LogP contribution in [-0.2, 0) is 9.59 Å². The lowest BCUT2D eigenvalue weighted by molar-refractivity contribution is -0.154. The summed E-state index contributed by atoms with van der Waals surface area (Å²) < 4.78 is 0. The number of hydrazine groups is 1. The van der Waals surface area contributed by atoms with E-state index in [1.165, 1.54) is 12.1 Å². The Morgan fingerprint density at radius 3 is 2.00 bits per heavy atom. The highest BCUT2D eigenvalue weighted by Gasteiger charge is 2.68. The van der Waals surface area contributed by atoms with Crippen LogP contribution in [0.5, 0.6) is 0 Å². The van der Waals surface area contributed by atoms with Crippen LogP contribution < -0.4 is 0 Å². The molecule has 166 valence electrons. The molecule has 0 spiro atoms. The quantitative estimate of drug-likeness (QED) is 0.388. The normalized spacial score (nSPS) is 30.8. The van der Waals surface area contributed by atoms with Crippen LogP contribution in [0.25, 0.3) is 0 Å². The predicted octanol–water partition coefficient (Wildman–Crippen LogP) is 3.63. The minimum Gasteiger partial charge on any atom is -0.292 e. The molecule has 3 fully saturated rings. The second-order valence-corrected chi connectivity index (χ2v) is 9.74. The monoisotopic (exact) mass is 460 g/mol. The zero-order valence-electron chi connectivity index (χ0n) is 17.6. The van der Waals surface area contributed by atoms with Gasteiger partial charge < -0.3 is 0 Å². The van der Waals surface area contributed by atoms with Crippen LogP contribution in [0.15, 0.2) is 66.7 Å². The molecule has 7 heteroatoms. The number of carbonyl (C=O) groups is 4. The molecule has 5 aliphatic rings. The van der Waals surface area contributed by atoms with Crippen LogP contribution in [0.2, 0.25) is 5.02 Å². The smallest absolute Gasteiger partial charge is 0.273 e. The van der Waals surface area contributed by atoms with E-state index < -0.39 is 24.3 Å². The fourth-order valence-electron chi connectivity index (χ4n) is 6.01. The van der Waals surface area contributed by atoms with E-state index in [1.54, 1.807) is 42.5 Å². The number of benzene rings is 2. The van der Waals surface area contributed by atoms with Crippen molar-refractivity contribution in [2.75, 3.05) is 6.54 Å². The van der Waals surface area contributed by atoms with Crippen molar-refractivity contribution in [3.63, 3.8) is 0 Å². The molecule has 3 amide bonds. The van der Waals surface area contributed by atoms with Gasteiger partial charge in [0.2, 0.25) is 0 Å². The zero-order chi connectivity index (χ0) is 22.9. The number of carbonyl (C=O) groups excluding carboxylic acids is 4. The number of halogens is 1. The Morgan fingerprint density at radius 1 is 0.848 bits per heavy atom. The summed E-state index contributed by atoms with van der Waals surface area (Å²) in [4.78, 5) is 53.8. The van der Waals surface area contributed by atoms with Crippen molar-refractivity contribution in [2.45, 2.75) is 6.42 Å². The molecule has 1 saturated heterocycles. The van der Waals surface area contributed by atoms with Crippen LogP contribution in [0.4, 0.5) is 0 Å². The summed E-state index contributed by atoms with van der Waals surface area (Å²) in [6.45, 7) is -0.405. The Hall–Kier alpha value is -3.25. The first-order valence-corrected chi connectivity index (χ1v) is 11.5. The van der Waals surface area contributed by atoms with E-state index in [9.17, 15) is 19.2 Å². The predicted molar refractivity (Wildman–Crippen MR) is 120 cm³/mol. The Balaban J connectivity index is 1.37. The molecule has 0 aromatic heterocycles. The van der Waals surface area contributed by atoms with Crippen molar-refractivity contribution >= 4 is 35.1 Å². The van der Waals surface area contributed by atoms with Crippen LogP contribution in [0, 0.1) is 35.5 Å². The maximum Gasteiger partial charge on any atom is 0.273 e. The lowest BCUT2D eigenvalue weighted by Gasteiger charge is -2.37. The number of ketones is 1. The number of nitrogens with zero attached hydrogens (tertiary/aromatic N) is 2. The van der Waals surface area contributed by atoms with E-state index in [4.69, 9.17) is 11.6 Å². The molecule has 1 heterocycles. The lowest BCUT2D eigenvalue weighted by Crippen LogP contribution is -2.52. The highest BCUT2D eigenvalue weighted by Crippen LogP contribution is 2.65. The molecular formula is C26H21ClN2O4. The second kappa shape index (κ2) is 7.39. The first-order chi connectivity index (χ1) is 16.0. The summed E-state index contributed by atoms with van der Waals surface area (Å²) in [5.41, 5.74) is 0.658. The van der Waals surface area contributed by atoms with Crippen LogP contribution in [-0.4, -0.2) is 40.1 Å². The molecule has 0 radical (unpaired) electrons. The molecule has 6 nitrogen and oxygen atoms in total. The zero-order valence-corrected chi connectivity index (χ0v) is 18.4. The molecule has 6 atom stereocenters. The van der Waals surface area contributed by atoms with Crippen molar-refractivity contribution in [3.8, 4) is 0 Å². The fourth-order valence-corrected chi connectivity index (χ4v) is 6.13. The van der Waals surface area contributed by atoms with Crippen molar-refractivity contribution in [3.05, 3.63) is 82.9 Å². The van der Waals surface area contributed by atoms with Crippen molar-refractivity contribution < 1.29 is 19.2 Å². The highest BCUT2D eigenvalue weighted by atomic mass is 35.5. The van der Waals surface area contributed by atoms with Crippen molar-refractivity contribution in [1.29, 1.82) is 0 Å². The minimum absolute atomic E-state index is 0.0313. The van der Waals surface area contributed by atoms with Gasteiger partial charge in [0.1, 0.15) is 6.54 Å². The van der Waals surface area contributed by atoms with E-state index in [2.05, 4.69) is 12.2 Å². The number of rotatable bonds is 5. The molecule has 33 heavy (non-hydrogen) atoms. The molecule has 1 aliphatic heterocycles. The maximum absolute atomic E-state index is 13.6. The summed E-state index contributed by atoms with van der Waals surface area (Å²) >= 11 is 5.97. The third-order valence-electron chi connectivity index (χ3n) is 7.60. The molecule has 4 aliphatic carbocycles. The number of Topliss-reactive ketones (excluding diaryl/α,β-unsaturated/α-hetero) is 1. The van der Waals surface area contributed by atoms with Gasteiger partial charge in [0, 0.05) is 16.1 Å². The number of allylic oxidation sites excluding steroid dienone is 2. The van der Waals surface area contributed by atoms with Gasteiger partial charge in [0.25, 0.3) is 17.7 Å². The van der Waals surface area contributed by atoms with E-state index in [0.717, 1.165) is 16.4 Å². The van der Waals surface area contributed by atoms with Gasteiger partial charge in [-0.1, -0.05) is 54.1 Å². The van der Waals surface area contributed by atoms with Gasteiger partial charge in [-0.3, -0.25) is 19.2 Å². The van der Waals surface area contributed by atoms with E-state index in [1.807, 2.05) is 0 Å². The Kier molecular flexibility index (Phi) is 4.56. The van der Waals surface area contributed by atoms with Gasteiger partial charge in [0.05, 0.1) is 11.8 Å². The molecule has 2 bridgehead atoms. The highest BCUT2D eigenvalue weighted by molar-refractivity contribution is 6.30. The molecule has 0 N–H and O–H groups in total. The molecule has 2 aromatic rings. The molecule has 7 rings (SSSR count). The fraction of sp³-hybridized carbons (Fsp3) is 0.308. The Labute approximate surface area is 195 Å². The van der Waals surface area contributed by atoms with Crippen molar-refractivity contribution in [2.24, 2.45) is 35.5 Å². The van der Waals surface area contributed by atoms with E-state index in [0.29, 0.717) is 22.4 Å². The van der Waals surface area contributed by atoms with Gasteiger partial charge in [-0.25, -0.2) is 5.01 Å². The molecule has 0 unspecified atom stereocenters. The third kappa shape index (κ3) is 3.08. The summed E-state index contributed by atoms with van der Waals surface area (Å²) in [7, 11) is 0. The van der Waals surface area contributed by atoms with Gasteiger partial charge in [-0.2, -0.15) is 5.01 Å².